The first-order valence-corrected chi connectivity index (χ1v) is 8.87. The summed E-state index contributed by atoms with van der Waals surface area (Å²) in [5.41, 5.74) is 5.43. The zero-order chi connectivity index (χ0) is 16.5. The first kappa shape index (κ1) is 16.1. The smallest absolute Gasteiger partial charge is 0.263 e. The molecule has 0 fully saturated rings. The van der Waals surface area contributed by atoms with E-state index in [9.17, 15) is 21.9 Å². The van der Waals surface area contributed by atoms with Crippen molar-refractivity contribution in [3.05, 3.63) is 42.5 Å². The maximum Gasteiger partial charge on any atom is 0.263 e. The summed E-state index contributed by atoms with van der Waals surface area (Å²) >= 11 is 0. The fourth-order valence-corrected chi connectivity index (χ4v) is 3.45. The number of benzene rings is 2. The van der Waals surface area contributed by atoms with Crippen LogP contribution in [0.1, 0.15) is 0 Å². The second-order valence-corrected chi connectivity index (χ2v) is 7.61. The molecule has 0 atom stereocenters. The van der Waals surface area contributed by atoms with Crippen LogP contribution in [0.15, 0.2) is 52.3 Å². The molecule has 2 aromatic rings. The van der Waals surface area contributed by atoms with Gasteiger partial charge in [-0.25, -0.2) is 22.0 Å². The van der Waals surface area contributed by atoms with Gasteiger partial charge in [-0.1, -0.05) is 6.07 Å². The Balaban J connectivity index is 2.41. The van der Waals surface area contributed by atoms with E-state index in [1.165, 1.54) is 24.3 Å². The van der Waals surface area contributed by atoms with E-state index in [4.69, 9.17) is 10.9 Å². The van der Waals surface area contributed by atoms with Crippen molar-refractivity contribution in [2.75, 3.05) is 10.5 Å². The third kappa shape index (κ3) is 3.47. The van der Waals surface area contributed by atoms with Crippen molar-refractivity contribution in [1.29, 1.82) is 0 Å². The molecule has 6 N–H and O–H groups in total. The van der Waals surface area contributed by atoms with Crippen LogP contribution in [-0.2, 0) is 20.0 Å². The van der Waals surface area contributed by atoms with Crippen molar-refractivity contribution in [2.45, 2.75) is 9.79 Å². The van der Waals surface area contributed by atoms with Gasteiger partial charge in [0.15, 0.2) is 0 Å². The average Bonchev–Trinajstić information content (AvgIpc) is 2.36. The summed E-state index contributed by atoms with van der Waals surface area (Å²) in [7, 11) is -8.00. The average molecular weight is 343 g/mol. The Morgan fingerprint density at radius 1 is 1.00 bits per heavy atom. The SMILES string of the molecule is Nc1cc(O)ccc1S(=O)(=O)Nc1cccc(S(N)(=O)=O)c1. The van der Waals surface area contributed by atoms with Crippen molar-refractivity contribution in [2.24, 2.45) is 5.14 Å². The number of rotatable bonds is 4. The number of nitrogens with one attached hydrogen (secondary N) is 1. The van der Waals surface area contributed by atoms with Gasteiger partial charge in [-0.05, 0) is 30.3 Å². The Bertz CT molecular complexity index is 924. The molecule has 0 aromatic heterocycles. The van der Waals surface area contributed by atoms with E-state index in [2.05, 4.69) is 4.72 Å². The van der Waals surface area contributed by atoms with Gasteiger partial charge in [0.1, 0.15) is 10.6 Å². The van der Waals surface area contributed by atoms with E-state index in [1.807, 2.05) is 0 Å². The van der Waals surface area contributed by atoms with Crippen LogP contribution >= 0.6 is 0 Å². The highest BCUT2D eigenvalue weighted by atomic mass is 32.2. The van der Waals surface area contributed by atoms with Crippen molar-refractivity contribution in [3.8, 4) is 5.75 Å². The van der Waals surface area contributed by atoms with Crippen LogP contribution in [0.2, 0.25) is 0 Å². The lowest BCUT2D eigenvalue weighted by Crippen LogP contribution is -2.16. The van der Waals surface area contributed by atoms with E-state index >= 15 is 0 Å². The van der Waals surface area contributed by atoms with Gasteiger partial charge in [0.25, 0.3) is 10.0 Å². The number of nitrogen functional groups attached to an aromatic ring is 1. The summed E-state index contributed by atoms with van der Waals surface area (Å²) in [6, 6.07) is 8.43. The summed E-state index contributed by atoms with van der Waals surface area (Å²) < 4.78 is 49.2. The van der Waals surface area contributed by atoms with Crippen molar-refractivity contribution in [1.82, 2.24) is 0 Å². The van der Waals surface area contributed by atoms with E-state index in [0.29, 0.717) is 0 Å². The maximum atomic E-state index is 12.2. The highest BCUT2D eigenvalue weighted by Gasteiger charge is 2.19. The lowest BCUT2D eigenvalue weighted by atomic mass is 10.3. The Labute approximate surface area is 127 Å². The fourth-order valence-electron chi connectivity index (χ4n) is 1.73. The van der Waals surface area contributed by atoms with Gasteiger partial charge in [-0.3, -0.25) is 4.72 Å². The molecule has 0 aliphatic rings. The molecule has 2 aromatic carbocycles. The summed E-state index contributed by atoms with van der Waals surface area (Å²) in [5.74, 6) is -0.173. The van der Waals surface area contributed by atoms with E-state index in [0.717, 1.165) is 18.2 Å². The highest BCUT2D eigenvalue weighted by Crippen LogP contribution is 2.25. The highest BCUT2D eigenvalue weighted by molar-refractivity contribution is 7.93. The van der Waals surface area contributed by atoms with Gasteiger partial charge in [0.2, 0.25) is 10.0 Å². The van der Waals surface area contributed by atoms with Gasteiger partial charge in [0, 0.05) is 6.07 Å². The molecular formula is C12H13N3O5S2. The molecule has 2 rings (SSSR count). The molecule has 118 valence electrons. The van der Waals surface area contributed by atoms with E-state index in [-0.39, 0.29) is 26.9 Å². The Hall–Kier alpha value is -2.30. The topological polar surface area (TPSA) is 153 Å². The van der Waals surface area contributed by atoms with E-state index < -0.39 is 20.0 Å². The second-order valence-electron chi connectivity index (χ2n) is 4.40. The van der Waals surface area contributed by atoms with Gasteiger partial charge < -0.3 is 10.8 Å². The summed E-state index contributed by atoms with van der Waals surface area (Å²) in [5, 5.41) is 14.2. The standard InChI is InChI=1S/C12H13N3O5S2/c13-11-7-9(16)4-5-12(11)22(19,20)15-8-2-1-3-10(6-8)21(14,17)18/h1-7,15-16H,13H2,(H2,14,17,18). The lowest BCUT2D eigenvalue weighted by molar-refractivity contribution is 0.475. The predicted molar refractivity (Wildman–Crippen MR) is 81.1 cm³/mol. The molecule has 0 radical (unpaired) electrons. The number of hydrogen-bond donors (Lipinski definition) is 4. The number of nitrogens with two attached hydrogens (primary N) is 2. The third-order valence-electron chi connectivity index (χ3n) is 2.70. The third-order valence-corrected chi connectivity index (χ3v) is 5.06. The van der Waals surface area contributed by atoms with E-state index in [1.54, 1.807) is 0 Å². The number of primary sulfonamides is 1. The van der Waals surface area contributed by atoms with Crippen molar-refractivity contribution in [3.63, 3.8) is 0 Å². The van der Waals surface area contributed by atoms with Gasteiger partial charge >= 0.3 is 0 Å². The van der Waals surface area contributed by atoms with Gasteiger partial charge in [-0.2, -0.15) is 0 Å². The molecule has 0 bridgehead atoms. The largest absolute Gasteiger partial charge is 0.508 e. The Morgan fingerprint density at radius 3 is 2.27 bits per heavy atom. The molecule has 0 spiro atoms. The number of anilines is 2. The first-order valence-electron chi connectivity index (χ1n) is 5.84. The lowest BCUT2D eigenvalue weighted by Gasteiger charge is -2.11. The van der Waals surface area contributed by atoms with Crippen LogP contribution in [0.4, 0.5) is 11.4 Å². The quantitative estimate of drug-likeness (QED) is 0.590. The van der Waals surface area contributed by atoms with Crippen LogP contribution in [0.3, 0.4) is 0 Å². The normalized spacial score (nSPS) is 12.0. The molecular weight excluding hydrogens is 330 g/mol. The Morgan fingerprint density at radius 2 is 1.68 bits per heavy atom. The van der Waals surface area contributed by atoms with Gasteiger partial charge in [-0.15, -0.1) is 0 Å². The summed E-state index contributed by atoms with van der Waals surface area (Å²) in [6.45, 7) is 0. The number of aromatic hydroxyl groups is 1. The number of hydrogen-bond acceptors (Lipinski definition) is 6. The number of phenolic OH excluding ortho intramolecular Hbond substituents is 1. The number of phenols is 1. The van der Waals surface area contributed by atoms with Crippen LogP contribution < -0.4 is 15.6 Å². The predicted octanol–water partition coefficient (Wildman–Crippen LogP) is 0.423. The van der Waals surface area contributed by atoms with Crippen LogP contribution in [0.25, 0.3) is 0 Å². The minimum Gasteiger partial charge on any atom is -0.508 e. The molecule has 22 heavy (non-hydrogen) atoms. The summed E-state index contributed by atoms with van der Waals surface area (Å²) in [4.78, 5) is -0.474. The van der Waals surface area contributed by atoms with Crippen molar-refractivity contribution >= 4 is 31.4 Å². The maximum absolute atomic E-state index is 12.2. The second kappa shape index (κ2) is 5.48. The monoisotopic (exact) mass is 343 g/mol. The Kier molecular flexibility index (Phi) is 4.00. The summed E-state index contributed by atoms with van der Waals surface area (Å²) in [6.07, 6.45) is 0. The minimum absolute atomic E-state index is 0.0130. The molecule has 0 amide bonds. The van der Waals surface area contributed by atoms with Crippen molar-refractivity contribution < 1.29 is 21.9 Å². The molecule has 10 heteroatoms. The van der Waals surface area contributed by atoms with Crippen LogP contribution in [-0.4, -0.2) is 21.9 Å². The molecule has 0 saturated carbocycles. The molecule has 0 aliphatic carbocycles. The number of sulfonamides is 2. The zero-order valence-electron chi connectivity index (χ0n) is 11.1. The minimum atomic E-state index is -4.04. The molecule has 0 saturated heterocycles. The molecule has 0 aliphatic heterocycles. The first-order chi connectivity index (χ1) is 10.1. The van der Waals surface area contributed by atoms with Crippen LogP contribution in [0.5, 0.6) is 5.75 Å². The zero-order valence-corrected chi connectivity index (χ0v) is 12.7. The fraction of sp³-hybridized carbons (Fsp3) is 0. The molecule has 0 heterocycles. The molecule has 8 nitrogen and oxygen atoms in total. The van der Waals surface area contributed by atoms with Crippen LogP contribution in [0, 0.1) is 0 Å². The van der Waals surface area contributed by atoms with Gasteiger partial charge in [0.05, 0.1) is 16.3 Å². The molecule has 0 unspecified atom stereocenters.